The van der Waals surface area contributed by atoms with Crippen LogP contribution in [0.25, 0.3) is 0 Å². The maximum absolute atomic E-state index is 12.3. The average molecular weight is 420 g/mol. The van der Waals surface area contributed by atoms with Crippen LogP contribution in [0, 0.1) is 0 Å². The number of para-hydroxylation sites is 1. The molecule has 10 heteroatoms. The van der Waals surface area contributed by atoms with E-state index in [1.807, 2.05) is 4.90 Å². The Morgan fingerprint density at radius 3 is 2.45 bits per heavy atom. The predicted molar refractivity (Wildman–Crippen MR) is 103 cm³/mol. The molecular weight excluding hydrogens is 400 g/mol. The molecule has 2 aromatic rings. The summed E-state index contributed by atoms with van der Waals surface area (Å²) in [6, 6.07) is 11.2. The summed E-state index contributed by atoms with van der Waals surface area (Å²) in [5.41, 5.74) is 0.368. The molecule has 0 radical (unpaired) electrons. The van der Waals surface area contributed by atoms with Crippen molar-refractivity contribution in [3.05, 3.63) is 48.0 Å². The summed E-state index contributed by atoms with van der Waals surface area (Å²) in [6.07, 6.45) is 1.83. The second-order valence-electron chi connectivity index (χ2n) is 6.29. The highest BCUT2D eigenvalue weighted by atomic mass is 32.2. The minimum atomic E-state index is -4.23. The zero-order valence-electron chi connectivity index (χ0n) is 15.4. The molecule has 0 aromatic heterocycles. The molecule has 0 unspecified atom stereocenters. The van der Waals surface area contributed by atoms with Crippen molar-refractivity contribution in [1.29, 1.82) is 0 Å². The van der Waals surface area contributed by atoms with Gasteiger partial charge in [-0.2, -0.15) is 0 Å². The first-order valence-electron chi connectivity index (χ1n) is 8.81. The van der Waals surface area contributed by atoms with Gasteiger partial charge in [0.05, 0.1) is 11.3 Å². The van der Waals surface area contributed by atoms with E-state index < -0.39 is 22.8 Å². The number of rotatable bonds is 8. The Morgan fingerprint density at radius 1 is 1.14 bits per heavy atom. The van der Waals surface area contributed by atoms with Gasteiger partial charge in [0.1, 0.15) is 10.6 Å². The van der Waals surface area contributed by atoms with Gasteiger partial charge in [0.25, 0.3) is 6.47 Å². The molecule has 1 fully saturated rings. The normalized spacial score (nSPS) is 13.8. The second kappa shape index (κ2) is 8.93. The fourth-order valence-corrected chi connectivity index (χ4v) is 3.71. The molecule has 0 atom stereocenters. The summed E-state index contributed by atoms with van der Waals surface area (Å²) >= 11 is 0. The average Bonchev–Trinajstić information content (AvgIpc) is 3.22. The Hall–Kier alpha value is -3.11. The molecule has 29 heavy (non-hydrogen) atoms. The molecule has 0 saturated carbocycles. The Labute approximate surface area is 168 Å². The molecule has 0 spiro atoms. The zero-order chi connectivity index (χ0) is 20.9. The lowest BCUT2D eigenvalue weighted by Gasteiger charge is -2.24. The molecule has 9 nitrogen and oxygen atoms in total. The van der Waals surface area contributed by atoms with Crippen LogP contribution in [0.5, 0.6) is 11.5 Å². The molecule has 2 aromatic carbocycles. The maximum Gasteiger partial charge on any atom is 0.341 e. The smallest absolute Gasteiger partial charge is 0.341 e. The maximum atomic E-state index is 12.3. The summed E-state index contributed by atoms with van der Waals surface area (Å²) in [5, 5.41) is 5.42. The topological polar surface area (TPSA) is 125 Å². The van der Waals surface area contributed by atoms with Gasteiger partial charge in [-0.25, -0.2) is 18.4 Å². The van der Waals surface area contributed by atoms with E-state index in [4.69, 9.17) is 14.6 Å². The van der Waals surface area contributed by atoms with Gasteiger partial charge in [-0.3, -0.25) is 4.79 Å². The number of hydrogen-bond donors (Lipinski definition) is 1. The number of nitrogens with two attached hydrogens (primary N) is 1. The molecule has 0 amide bonds. The monoisotopic (exact) mass is 420 g/mol. The van der Waals surface area contributed by atoms with E-state index in [1.165, 1.54) is 6.07 Å². The van der Waals surface area contributed by atoms with Crippen LogP contribution in [-0.4, -0.2) is 40.7 Å². The van der Waals surface area contributed by atoms with Gasteiger partial charge in [0.15, 0.2) is 5.75 Å². The highest BCUT2D eigenvalue weighted by Gasteiger charge is 2.27. The summed E-state index contributed by atoms with van der Waals surface area (Å²) in [7, 11) is -4.23. The van der Waals surface area contributed by atoms with Crippen molar-refractivity contribution >= 4 is 28.2 Å². The van der Waals surface area contributed by atoms with Gasteiger partial charge in [-0.15, -0.1) is 0 Å². The van der Waals surface area contributed by atoms with Gasteiger partial charge in [0, 0.05) is 13.1 Å². The summed E-state index contributed by atoms with van der Waals surface area (Å²) in [4.78, 5) is 24.1. The van der Waals surface area contributed by atoms with Gasteiger partial charge in [-0.05, 0) is 37.1 Å². The SMILES string of the molecule is NS(=O)(=O)c1cc(C(=O)OCOC=O)cc(N2CCCC2)c1Oc1ccccc1. The Morgan fingerprint density at radius 2 is 1.83 bits per heavy atom. The number of carbonyl (C=O) groups is 2. The third kappa shape index (κ3) is 5.04. The van der Waals surface area contributed by atoms with Crippen LogP contribution in [0.4, 0.5) is 5.69 Å². The molecule has 3 rings (SSSR count). The lowest BCUT2D eigenvalue weighted by molar-refractivity contribution is -0.136. The fraction of sp³-hybridized carbons (Fsp3) is 0.263. The molecule has 0 bridgehead atoms. The van der Waals surface area contributed by atoms with Gasteiger partial charge in [-0.1, -0.05) is 18.2 Å². The first kappa shape index (κ1) is 20.6. The van der Waals surface area contributed by atoms with Gasteiger partial charge in [0.2, 0.25) is 16.8 Å². The first-order valence-corrected chi connectivity index (χ1v) is 10.4. The van der Waals surface area contributed by atoms with Crippen molar-refractivity contribution in [2.24, 2.45) is 5.14 Å². The van der Waals surface area contributed by atoms with E-state index in [9.17, 15) is 18.0 Å². The van der Waals surface area contributed by atoms with Crippen LogP contribution in [-0.2, 0) is 24.3 Å². The van der Waals surface area contributed by atoms with Crippen molar-refractivity contribution in [3.63, 3.8) is 0 Å². The minimum absolute atomic E-state index is 0.0429. The molecule has 1 saturated heterocycles. The summed E-state index contributed by atoms with van der Waals surface area (Å²) < 4.78 is 39.7. The number of carbonyl (C=O) groups excluding carboxylic acids is 2. The fourth-order valence-electron chi connectivity index (χ4n) is 3.02. The highest BCUT2D eigenvalue weighted by molar-refractivity contribution is 7.89. The number of esters is 1. The van der Waals surface area contributed by atoms with Crippen LogP contribution in [0.1, 0.15) is 23.2 Å². The highest BCUT2D eigenvalue weighted by Crippen LogP contribution is 2.40. The van der Waals surface area contributed by atoms with E-state index in [-0.39, 0.29) is 22.7 Å². The molecule has 1 heterocycles. The van der Waals surface area contributed by atoms with Crippen LogP contribution in [0.3, 0.4) is 0 Å². The van der Waals surface area contributed by atoms with Gasteiger partial charge >= 0.3 is 5.97 Å². The molecule has 2 N–H and O–H groups in total. The van der Waals surface area contributed by atoms with Crippen LogP contribution in [0.2, 0.25) is 0 Å². The minimum Gasteiger partial charge on any atom is -0.454 e. The van der Waals surface area contributed by atoms with Crippen LogP contribution < -0.4 is 14.8 Å². The van der Waals surface area contributed by atoms with E-state index in [0.717, 1.165) is 18.9 Å². The Balaban J connectivity index is 2.11. The standard InChI is InChI=1S/C19H20N2O7S/c20-29(24,25)17-11-14(19(23)27-13-26-12-22)10-16(21-8-4-5-9-21)18(17)28-15-6-2-1-3-7-15/h1-3,6-7,10-12H,4-5,8-9,13H2,(H2,20,24,25). The van der Waals surface area contributed by atoms with E-state index >= 15 is 0 Å². The number of hydrogen-bond acceptors (Lipinski definition) is 8. The number of ether oxygens (including phenoxy) is 3. The molecular formula is C19H20N2O7S. The third-order valence-electron chi connectivity index (χ3n) is 4.31. The number of nitrogens with zero attached hydrogens (tertiary/aromatic N) is 1. The Kier molecular flexibility index (Phi) is 6.35. The number of anilines is 1. The van der Waals surface area contributed by atoms with E-state index in [1.54, 1.807) is 30.3 Å². The largest absolute Gasteiger partial charge is 0.454 e. The summed E-state index contributed by atoms with van der Waals surface area (Å²) in [6.45, 7) is 0.883. The number of primary sulfonamides is 1. The molecule has 1 aliphatic rings. The lowest BCUT2D eigenvalue weighted by Crippen LogP contribution is -2.22. The van der Waals surface area contributed by atoms with Crippen LogP contribution in [0.15, 0.2) is 47.4 Å². The molecule has 0 aliphatic carbocycles. The predicted octanol–water partition coefficient (Wildman–Crippen LogP) is 2.01. The summed E-state index contributed by atoms with van der Waals surface area (Å²) in [5.74, 6) is -0.391. The first-order chi connectivity index (χ1) is 13.9. The lowest BCUT2D eigenvalue weighted by atomic mass is 10.1. The van der Waals surface area contributed by atoms with Crippen LogP contribution >= 0.6 is 0 Å². The Bertz CT molecular complexity index is 987. The number of benzene rings is 2. The molecule has 1 aliphatic heterocycles. The van der Waals surface area contributed by atoms with E-state index in [0.29, 0.717) is 24.5 Å². The van der Waals surface area contributed by atoms with Crippen molar-refractivity contribution in [2.45, 2.75) is 17.7 Å². The zero-order valence-corrected chi connectivity index (χ0v) is 16.3. The van der Waals surface area contributed by atoms with E-state index in [2.05, 4.69) is 4.74 Å². The number of sulfonamides is 1. The van der Waals surface area contributed by atoms with Crippen molar-refractivity contribution in [3.8, 4) is 11.5 Å². The van der Waals surface area contributed by atoms with Crippen molar-refractivity contribution < 1.29 is 32.2 Å². The third-order valence-corrected chi connectivity index (χ3v) is 5.23. The van der Waals surface area contributed by atoms with Crippen molar-refractivity contribution in [1.82, 2.24) is 0 Å². The quantitative estimate of drug-likeness (QED) is 0.298. The van der Waals surface area contributed by atoms with Gasteiger partial charge < -0.3 is 19.1 Å². The van der Waals surface area contributed by atoms with Crippen molar-refractivity contribution in [2.75, 3.05) is 24.8 Å². The molecule has 154 valence electrons. The second-order valence-corrected chi connectivity index (χ2v) is 7.82.